The Hall–Kier alpha value is -3.37. The fourth-order valence-electron chi connectivity index (χ4n) is 3.35. The molecule has 0 radical (unpaired) electrons. The second-order valence-electron chi connectivity index (χ2n) is 6.51. The van der Waals surface area contributed by atoms with E-state index in [1.807, 2.05) is 0 Å². The number of alkyl halides is 3. The molecule has 174 valence electrons. The van der Waals surface area contributed by atoms with E-state index in [-0.39, 0.29) is 12.3 Å². The zero-order valence-electron chi connectivity index (χ0n) is 17.5. The van der Waals surface area contributed by atoms with Gasteiger partial charge in [0.05, 0.1) is 47.7 Å². The number of hydrogen-bond donors (Lipinski definition) is 1. The van der Waals surface area contributed by atoms with E-state index in [2.05, 4.69) is 10.1 Å². The van der Waals surface area contributed by atoms with E-state index in [1.165, 1.54) is 6.92 Å². The van der Waals surface area contributed by atoms with Crippen LogP contribution < -0.4 is 5.32 Å². The Bertz CT molecular complexity index is 973. The third kappa shape index (κ3) is 5.09. The van der Waals surface area contributed by atoms with Crippen LogP contribution in [0.1, 0.15) is 37.3 Å². The van der Waals surface area contributed by atoms with Crippen LogP contribution in [0.4, 0.5) is 17.6 Å². The van der Waals surface area contributed by atoms with Gasteiger partial charge in [-0.1, -0.05) is 12.1 Å². The van der Waals surface area contributed by atoms with Gasteiger partial charge in [0, 0.05) is 6.92 Å². The number of nitrogens with one attached hydrogen (secondary N) is 1. The number of rotatable bonds is 8. The summed E-state index contributed by atoms with van der Waals surface area (Å²) in [4.78, 5) is 36.7. The Labute approximate surface area is 181 Å². The van der Waals surface area contributed by atoms with Crippen LogP contribution in [0, 0.1) is 5.82 Å². The lowest BCUT2D eigenvalue weighted by molar-refractivity contribution is -0.142. The van der Waals surface area contributed by atoms with Gasteiger partial charge < -0.3 is 19.5 Å². The van der Waals surface area contributed by atoms with Crippen molar-refractivity contribution in [2.75, 3.05) is 27.0 Å². The molecule has 1 aromatic rings. The van der Waals surface area contributed by atoms with Crippen molar-refractivity contribution in [3.05, 3.63) is 57.7 Å². The second-order valence-corrected chi connectivity index (χ2v) is 6.51. The SMILES string of the molecule is CCOC(=O)C1=C(COC(C)=O)NC(CF)=C(C(=O)OC)C1c1cccc(F)c1C(F)F. The third-order valence-corrected chi connectivity index (χ3v) is 4.60. The first-order chi connectivity index (χ1) is 15.2. The first-order valence-corrected chi connectivity index (χ1v) is 9.42. The highest BCUT2D eigenvalue weighted by atomic mass is 19.3. The van der Waals surface area contributed by atoms with Crippen LogP contribution in [0.15, 0.2) is 40.7 Å². The van der Waals surface area contributed by atoms with E-state index in [4.69, 9.17) is 9.47 Å². The van der Waals surface area contributed by atoms with Crippen LogP contribution in [-0.2, 0) is 28.6 Å². The minimum absolute atomic E-state index is 0.131. The maximum Gasteiger partial charge on any atom is 0.336 e. The van der Waals surface area contributed by atoms with E-state index in [0.29, 0.717) is 0 Å². The largest absolute Gasteiger partial charge is 0.466 e. The number of hydrogen-bond acceptors (Lipinski definition) is 7. The lowest BCUT2D eigenvalue weighted by atomic mass is 9.78. The molecule has 0 bridgehead atoms. The van der Waals surface area contributed by atoms with Crippen molar-refractivity contribution in [3.63, 3.8) is 0 Å². The van der Waals surface area contributed by atoms with Gasteiger partial charge >= 0.3 is 17.9 Å². The predicted octanol–water partition coefficient (Wildman–Crippen LogP) is 3.23. The highest BCUT2D eigenvalue weighted by molar-refractivity contribution is 6.00. The molecule has 1 unspecified atom stereocenters. The van der Waals surface area contributed by atoms with Gasteiger partial charge in [0.2, 0.25) is 0 Å². The summed E-state index contributed by atoms with van der Waals surface area (Å²) in [6.07, 6.45) is -3.32. The van der Waals surface area contributed by atoms with Gasteiger partial charge in [0.15, 0.2) is 0 Å². The quantitative estimate of drug-likeness (QED) is 0.363. The molecule has 0 aliphatic carbocycles. The van der Waals surface area contributed by atoms with Crippen LogP contribution in [0.5, 0.6) is 0 Å². The minimum Gasteiger partial charge on any atom is -0.466 e. The predicted molar refractivity (Wildman–Crippen MR) is 103 cm³/mol. The minimum atomic E-state index is -3.32. The number of halogens is 4. The molecule has 1 heterocycles. The topological polar surface area (TPSA) is 90.9 Å². The molecule has 32 heavy (non-hydrogen) atoms. The van der Waals surface area contributed by atoms with Crippen molar-refractivity contribution in [1.29, 1.82) is 0 Å². The molecule has 0 aromatic heterocycles. The summed E-state index contributed by atoms with van der Waals surface area (Å²) in [6, 6.07) is 2.98. The lowest BCUT2D eigenvalue weighted by Crippen LogP contribution is -2.36. The fraction of sp³-hybridized carbons (Fsp3) is 0.381. The molecule has 1 N–H and O–H groups in total. The van der Waals surface area contributed by atoms with Crippen molar-refractivity contribution in [2.24, 2.45) is 0 Å². The van der Waals surface area contributed by atoms with Crippen molar-refractivity contribution < 1.29 is 46.2 Å². The van der Waals surface area contributed by atoms with Gasteiger partial charge in [-0.15, -0.1) is 0 Å². The Morgan fingerprint density at radius 3 is 2.28 bits per heavy atom. The average Bonchev–Trinajstić information content (AvgIpc) is 2.75. The van der Waals surface area contributed by atoms with E-state index < -0.39 is 77.3 Å². The summed E-state index contributed by atoms with van der Waals surface area (Å²) in [5.41, 5.74) is -3.09. The van der Waals surface area contributed by atoms with Gasteiger partial charge in [-0.2, -0.15) is 0 Å². The lowest BCUT2D eigenvalue weighted by Gasteiger charge is -2.32. The summed E-state index contributed by atoms with van der Waals surface area (Å²) in [6.45, 7) is 0.551. The van der Waals surface area contributed by atoms with Crippen molar-refractivity contribution in [3.8, 4) is 0 Å². The van der Waals surface area contributed by atoms with Gasteiger partial charge in [-0.25, -0.2) is 27.2 Å². The van der Waals surface area contributed by atoms with Crippen LogP contribution >= 0.6 is 0 Å². The number of carbonyl (C=O) groups excluding carboxylic acids is 3. The number of allylic oxidation sites excluding steroid dienone is 1. The standard InChI is InChI=1S/C21H21F4NO6/c1-4-31-21(29)18-14(9-32-10(2)27)26-13(8-22)17(20(28)30-3)16(18)11-6-5-7-12(23)15(11)19(24)25/h5-7,16,19,26H,4,8-9H2,1-3H3. The van der Waals surface area contributed by atoms with E-state index in [9.17, 15) is 31.9 Å². The molecule has 1 aromatic carbocycles. The summed E-state index contributed by atoms with van der Waals surface area (Å²) < 4.78 is 70.4. The molecular weight excluding hydrogens is 438 g/mol. The molecule has 11 heteroatoms. The second kappa shape index (κ2) is 10.8. The van der Waals surface area contributed by atoms with Crippen molar-refractivity contribution in [1.82, 2.24) is 5.32 Å². The molecule has 7 nitrogen and oxygen atoms in total. The molecule has 2 rings (SSSR count). The third-order valence-electron chi connectivity index (χ3n) is 4.60. The Balaban J connectivity index is 2.90. The number of carbonyl (C=O) groups is 3. The average molecular weight is 459 g/mol. The van der Waals surface area contributed by atoms with Crippen LogP contribution in [-0.4, -0.2) is 44.9 Å². The van der Waals surface area contributed by atoms with Gasteiger partial charge in [0.1, 0.15) is 19.1 Å². The molecule has 0 amide bonds. The smallest absolute Gasteiger partial charge is 0.336 e. The Kier molecular flexibility index (Phi) is 8.39. The highest BCUT2D eigenvalue weighted by Crippen LogP contribution is 2.43. The van der Waals surface area contributed by atoms with E-state index in [1.54, 1.807) is 0 Å². The number of ether oxygens (including phenoxy) is 3. The molecule has 1 aliphatic rings. The van der Waals surface area contributed by atoms with Crippen molar-refractivity contribution in [2.45, 2.75) is 26.2 Å². The van der Waals surface area contributed by atoms with Gasteiger partial charge in [0.25, 0.3) is 6.43 Å². The highest BCUT2D eigenvalue weighted by Gasteiger charge is 2.42. The fourth-order valence-corrected chi connectivity index (χ4v) is 3.35. The zero-order valence-corrected chi connectivity index (χ0v) is 17.5. The summed E-state index contributed by atoms with van der Waals surface area (Å²) >= 11 is 0. The molecule has 1 atom stereocenters. The van der Waals surface area contributed by atoms with E-state index in [0.717, 1.165) is 32.2 Å². The monoisotopic (exact) mass is 459 g/mol. The molecule has 0 saturated carbocycles. The Morgan fingerprint density at radius 1 is 1.09 bits per heavy atom. The van der Waals surface area contributed by atoms with Gasteiger partial charge in [-0.3, -0.25) is 4.79 Å². The summed E-state index contributed by atoms with van der Waals surface area (Å²) in [7, 11) is 0.976. The van der Waals surface area contributed by atoms with Crippen LogP contribution in [0.3, 0.4) is 0 Å². The summed E-state index contributed by atoms with van der Waals surface area (Å²) in [5, 5.41) is 2.50. The molecule has 0 spiro atoms. The first kappa shape index (κ1) is 24.9. The zero-order chi connectivity index (χ0) is 24.0. The first-order valence-electron chi connectivity index (χ1n) is 9.42. The number of dihydropyridines is 1. The molecule has 0 saturated heterocycles. The maximum absolute atomic E-state index is 14.4. The molecule has 0 fully saturated rings. The number of methoxy groups -OCH3 is 1. The van der Waals surface area contributed by atoms with E-state index >= 15 is 0 Å². The summed E-state index contributed by atoms with van der Waals surface area (Å²) in [5.74, 6) is -5.91. The van der Waals surface area contributed by atoms with Crippen LogP contribution in [0.2, 0.25) is 0 Å². The van der Waals surface area contributed by atoms with Crippen molar-refractivity contribution >= 4 is 17.9 Å². The maximum atomic E-state index is 14.4. The normalized spacial score (nSPS) is 16.1. The number of benzene rings is 1. The molecular formula is C21H21F4NO6. The number of esters is 3. The Morgan fingerprint density at radius 2 is 1.75 bits per heavy atom. The molecule has 1 aliphatic heterocycles. The van der Waals surface area contributed by atoms with Crippen LogP contribution in [0.25, 0.3) is 0 Å². The van der Waals surface area contributed by atoms with Gasteiger partial charge in [-0.05, 0) is 18.6 Å².